The molecule has 0 aliphatic heterocycles. The number of benzene rings is 4. The van der Waals surface area contributed by atoms with Crippen molar-refractivity contribution in [2.24, 2.45) is 11.3 Å². The Bertz CT molecular complexity index is 1650. The van der Waals surface area contributed by atoms with Gasteiger partial charge in [0.2, 0.25) is 0 Å². The average Bonchev–Trinajstić information content (AvgIpc) is 3.44. The minimum absolute atomic E-state index is 0.00176. The molecule has 0 aromatic heterocycles. The molecular formula is C45H56OSi2. The van der Waals surface area contributed by atoms with Crippen LogP contribution >= 0.6 is 0 Å². The number of Topliss-reactive ketones (excluding diaryl/α,β-unsaturated/α-hetero) is 1. The van der Waals surface area contributed by atoms with Gasteiger partial charge in [-0.25, -0.2) is 0 Å². The van der Waals surface area contributed by atoms with Crippen LogP contribution in [0.25, 0.3) is 0 Å². The Kier molecular flexibility index (Phi) is 9.52. The Labute approximate surface area is 292 Å². The third-order valence-corrected chi connectivity index (χ3v) is 24.9. The van der Waals surface area contributed by atoms with Gasteiger partial charge in [-0.1, -0.05) is 190 Å². The highest BCUT2D eigenvalue weighted by molar-refractivity contribution is 7.09. The van der Waals surface area contributed by atoms with E-state index in [4.69, 9.17) is 0 Å². The highest BCUT2D eigenvalue weighted by atomic mass is 28.3. The molecule has 0 bridgehead atoms. The van der Waals surface area contributed by atoms with Gasteiger partial charge < -0.3 is 0 Å². The number of carbonyl (C=O) groups excluding carboxylic acids is 1. The van der Waals surface area contributed by atoms with E-state index in [0.29, 0.717) is 11.7 Å². The molecule has 4 aromatic carbocycles. The molecule has 4 aromatic rings. The molecule has 250 valence electrons. The van der Waals surface area contributed by atoms with Gasteiger partial charge in [-0.15, -0.1) is 0 Å². The minimum atomic E-state index is -2.57. The summed E-state index contributed by atoms with van der Waals surface area (Å²) in [6, 6.07) is 46.9. The topological polar surface area (TPSA) is 17.1 Å². The van der Waals surface area contributed by atoms with E-state index >= 15 is 0 Å². The fourth-order valence-electron chi connectivity index (χ4n) is 10.5. The molecule has 2 unspecified atom stereocenters. The first kappa shape index (κ1) is 34.6. The summed E-state index contributed by atoms with van der Waals surface area (Å²) in [5.41, 5.74) is 1.18. The molecule has 0 saturated heterocycles. The maximum atomic E-state index is 14.6. The van der Waals surface area contributed by atoms with Crippen LogP contribution in [0.3, 0.4) is 0 Å². The van der Waals surface area contributed by atoms with Crippen LogP contribution < -0.4 is 20.7 Å². The van der Waals surface area contributed by atoms with Crippen LogP contribution in [0, 0.1) is 11.3 Å². The summed E-state index contributed by atoms with van der Waals surface area (Å²) in [5.74, 6) is 0.979. The lowest BCUT2D eigenvalue weighted by Gasteiger charge is -2.47. The summed E-state index contributed by atoms with van der Waals surface area (Å²) in [4.78, 5) is 14.6. The van der Waals surface area contributed by atoms with Gasteiger partial charge in [0.15, 0.2) is 0 Å². The van der Waals surface area contributed by atoms with Crippen molar-refractivity contribution in [2.45, 2.75) is 103 Å². The molecule has 0 N–H and O–H groups in total. The number of rotatable bonds is 7. The zero-order chi connectivity index (χ0) is 34.2. The molecule has 0 heterocycles. The summed E-state index contributed by atoms with van der Waals surface area (Å²) in [7, 11) is -4.89. The minimum Gasteiger partial charge on any atom is -0.299 e. The Hall–Kier alpha value is -3.28. The van der Waals surface area contributed by atoms with E-state index < -0.39 is 16.1 Å². The fourth-order valence-corrected chi connectivity index (χ4v) is 22.6. The smallest absolute Gasteiger partial charge is 0.149 e. The van der Waals surface area contributed by atoms with Crippen molar-refractivity contribution in [2.75, 3.05) is 0 Å². The van der Waals surface area contributed by atoms with E-state index in [1.807, 2.05) is 0 Å². The van der Waals surface area contributed by atoms with Gasteiger partial charge in [0.1, 0.15) is 21.9 Å². The van der Waals surface area contributed by atoms with Crippen molar-refractivity contribution >= 4 is 42.7 Å². The molecule has 48 heavy (non-hydrogen) atoms. The molecule has 2 aliphatic rings. The van der Waals surface area contributed by atoms with Gasteiger partial charge in [0.05, 0.1) is 0 Å². The molecule has 0 amide bonds. The Morgan fingerprint density at radius 2 is 1.08 bits per heavy atom. The molecule has 3 heteroatoms. The molecule has 2 fully saturated rings. The van der Waals surface area contributed by atoms with Crippen molar-refractivity contribution in [1.29, 1.82) is 0 Å². The molecule has 2 aliphatic carbocycles. The first-order valence-corrected chi connectivity index (χ1v) is 22.5. The SMILES string of the molecule is C/C(=C1/CC(C[Si](c2ccccc2)(c2ccccc2)C(C)(C)C)CC12CCCCC2=O)[Si](c1ccccc1)(c1ccccc1)C(C)(C)C. The van der Waals surface area contributed by atoms with E-state index in [-0.39, 0.29) is 15.5 Å². The predicted octanol–water partition coefficient (Wildman–Crippen LogP) is 9.51. The lowest BCUT2D eigenvalue weighted by atomic mass is 9.69. The van der Waals surface area contributed by atoms with Gasteiger partial charge in [-0.3, -0.25) is 4.79 Å². The van der Waals surface area contributed by atoms with Crippen molar-refractivity contribution in [1.82, 2.24) is 0 Å². The van der Waals surface area contributed by atoms with Crippen LogP contribution in [0.5, 0.6) is 0 Å². The summed E-state index contributed by atoms with van der Waals surface area (Å²) in [6.45, 7) is 17.3. The molecule has 2 saturated carbocycles. The molecule has 0 radical (unpaired) electrons. The summed E-state index contributed by atoms with van der Waals surface area (Å²) in [5, 5.41) is 7.61. The van der Waals surface area contributed by atoms with Crippen LogP contribution in [0.15, 0.2) is 132 Å². The first-order valence-electron chi connectivity index (χ1n) is 18.3. The third kappa shape index (κ3) is 5.65. The normalized spacial score (nSPS) is 21.8. The number of hydrogen-bond donors (Lipinski definition) is 0. The molecule has 1 spiro atoms. The van der Waals surface area contributed by atoms with Gasteiger partial charge >= 0.3 is 0 Å². The number of allylic oxidation sites excluding steroid dienone is 2. The molecular weight excluding hydrogens is 613 g/mol. The van der Waals surface area contributed by atoms with Crippen molar-refractivity contribution in [3.63, 3.8) is 0 Å². The monoisotopic (exact) mass is 668 g/mol. The lowest BCUT2D eigenvalue weighted by Crippen LogP contribution is -2.66. The number of hydrogen-bond acceptors (Lipinski definition) is 1. The van der Waals surface area contributed by atoms with E-state index in [1.165, 1.54) is 26.3 Å². The quantitative estimate of drug-likeness (QED) is 0.179. The van der Waals surface area contributed by atoms with Gasteiger partial charge in [-0.05, 0) is 65.0 Å². The molecule has 6 rings (SSSR count). The van der Waals surface area contributed by atoms with Gasteiger partial charge in [0, 0.05) is 11.8 Å². The zero-order valence-corrected chi connectivity index (χ0v) is 32.5. The average molecular weight is 669 g/mol. The predicted molar refractivity (Wildman–Crippen MR) is 211 cm³/mol. The highest BCUT2D eigenvalue weighted by Gasteiger charge is 2.58. The van der Waals surface area contributed by atoms with Gasteiger partial charge in [-0.2, -0.15) is 0 Å². The maximum Gasteiger partial charge on any atom is 0.149 e. The van der Waals surface area contributed by atoms with Gasteiger partial charge in [0.25, 0.3) is 0 Å². The second kappa shape index (κ2) is 13.2. The highest BCUT2D eigenvalue weighted by Crippen LogP contribution is 2.58. The Morgan fingerprint density at radius 1 is 0.646 bits per heavy atom. The zero-order valence-electron chi connectivity index (χ0n) is 30.5. The van der Waals surface area contributed by atoms with E-state index in [9.17, 15) is 4.79 Å². The van der Waals surface area contributed by atoms with Crippen LogP contribution in [0.2, 0.25) is 16.1 Å². The van der Waals surface area contributed by atoms with Crippen LogP contribution in [0.1, 0.15) is 87.0 Å². The summed E-state index contributed by atoms with van der Waals surface area (Å²) >= 11 is 0. The van der Waals surface area contributed by atoms with E-state index in [0.717, 1.165) is 44.6 Å². The standard InChI is InChI=1S/C45H56OSi2/c1-35(48(44(5,6)7,39-26-16-10-17-27-39)40-28-18-11-19-29-40)41-32-36(33-45(41)31-21-20-30-42(45)46)34-47(43(2,3)4,37-22-12-8-13-23-37)38-24-14-9-15-25-38/h8-19,22-29,36H,20-21,30-34H2,1-7H3/b41-35+. The molecule has 2 atom stereocenters. The Balaban J connectivity index is 1.60. The number of ketones is 1. The van der Waals surface area contributed by atoms with Crippen molar-refractivity contribution < 1.29 is 4.79 Å². The summed E-state index contributed by atoms with van der Waals surface area (Å²) < 4.78 is 0. The summed E-state index contributed by atoms with van der Waals surface area (Å²) in [6.07, 6.45) is 5.95. The van der Waals surface area contributed by atoms with Crippen molar-refractivity contribution in [3.8, 4) is 0 Å². The second-order valence-corrected chi connectivity index (χ2v) is 26.7. The van der Waals surface area contributed by atoms with Crippen LogP contribution in [-0.2, 0) is 4.79 Å². The van der Waals surface area contributed by atoms with E-state index in [2.05, 4.69) is 170 Å². The lowest BCUT2D eigenvalue weighted by molar-refractivity contribution is -0.129. The van der Waals surface area contributed by atoms with Crippen LogP contribution in [-0.4, -0.2) is 21.9 Å². The largest absolute Gasteiger partial charge is 0.299 e. The second-order valence-electron chi connectivity index (χ2n) is 16.9. The maximum absolute atomic E-state index is 14.6. The Morgan fingerprint density at radius 3 is 1.48 bits per heavy atom. The fraction of sp³-hybridized carbons (Fsp3) is 0.400. The van der Waals surface area contributed by atoms with E-state index in [1.54, 1.807) is 5.20 Å². The number of carbonyl (C=O) groups is 1. The van der Waals surface area contributed by atoms with Crippen LogP contribution in [0.4, 0.5) is 0 Å². The third-order valence-electron chi connectivity index (χ3n) is 12.5. The molecule has 1 nitrogen and oxygen atoms in total. The first-order chi connectivity index (χ1) is 22.9. The van der Waals surface area contributed by atoms with Crippen molar-refractivity contribution in [3.05, 3.63) is 132 Å².